The number of sulfonamides is 1. The molecule has 0 saturated heterocycles. The number of benzene rings is 1. The van der Waals surface area contributed by atoms with Crippen LogP contribution in [0.2, 0.25) is 0 Å². The quantitative estimate of drug-likeness (QED) is 0.879. The van der Waals surface area contributed by atoms with Crippen molar-refractivity contribution in [1.82, 2.24) is 0 Å². The summed E-state index contributed by atoms with van der Waals surface area (Å²) in [6, 6.07) is 5.94. The van der Waals surface area contributed by atoms with Crippen molar-refractivity contribution in [2.75, 3.05) is 11.0 Å². The second-order valence-electron chi connectivity index (χ2n) is 3.81. The van der Waals surface area contributed by atoms with E-state index < -0.39 is 10.0 Å². The van der Waals surface area contributed by atoms with Crippen molar-refractivity contribution in [3.05, 3.63) is 40.2 Å². The first kappa shape index (κ1) is 11.7. The Bertz CT molecular complexity index is 731. The predicted molar refractivity (Wildman–Crippen MR) is 65.7 cm³/mol. The third-order valence-electron chi connectivity index (χ3n) is 2.15. The Kier molecular flexibility index (Phi) is 2.66. The van der Waals surface area contributed by atoms with Gasteiger partial charge >= 0.3 is 0 Å². The largest absolute Gasteiger partial charge is 0.461 e. The van der Waals surface area contributed by atoms with Crippen molar-refractivity contribution in [3.63, 3.8) is 0 Å². The smallest absolute Gasteiger partial charge is 0.229 e. The molecule has 1 heterocycles. The Labute approximate surface area is 98.1 Å². The van der Waals surface area contributed by atoms with Crippen LogP contribution in [0.25, 0.3) is 11.0 Å². The minimum atomic E-state index is -3.35. The average molecular weight is 253 g/mol. The molecule has 6 heteroatoms. The summed E-state index contributed by atoms with van der Waals surface area (Å²) in [4.78, 5) is 11.7. The van der Waals surface area contributed by atoms with Crippen molar-refractivity contribution in [2.45, 2.75) is 6.92 Å². The Morgan fingerprint density at radius 3 is 2.59 bits per heavy atom. The molecule has 0 unspecified atom stereocenters. The van der Waals surface area contributed by atoms with Gasteiger partial charge in [0.1, 0.15) is 11.3 Å². The molecule has 0 aliphatic rings. The molecule has 2 aromatic rings. The molecule has 5 nitrogen and oxygen atoms in total. The SMILES string of the molecule is Cc1cc(=O)c2cc(NS(C)(=O)=O)ccc2o1. The lowest BCUT2D eigenvalue weighted by atomic mass is 10.2. The molecule has 0 bridgehead atoms. The van der Waals surface area contributed by atoms with Crippen molar-refractivity contribution < 1.29 is 12.8 Å². The summed E-state index contributed by atoms with van der Waals surface area (Å²) in [6.07, 6.45) is 1.05. The Balaban J connectivity index is 2.62. The number of hydrogen-bond donors (Lipinski definition) is 1. The zero-order valence-electron chi connectivity index (χ0n) is 9.35. The summed E-state index contributed by atoms with van der Waals surface area (Å²) < 4.78 is 29.8. The van der Waals surface area contributed by atoms with Crippen molar-refractivity contribution >= 4 is 26.7 Å². The maximum atomic E-state index is 11.7. The van der Waals surface area contributed by atoms with Gasteiger partial charge in [-0.15, -0.1) is 0 Å². The number of anilines is 1. The van der Waals surface area contributed by atoms with E-state index >= 15 is 0 Å². The van der Waals surface area contributed by atoms with E-state index in [0.29, 0.717) is 22.4 Å². The fourth-order valence-corrected chi connectivity index (χ4v) is 2.11. The third-order valence-corrected chi connectivity index (χ3v) is 2.76. The predicted octanol–water partition coefficient (Wildman–Crippen LogP) is 1.47. The monoisotopic (exact) mass is 253 g/mol. The minimum absolute atomic E-state index is 0.194. The number of rotatable bonds is 2. The van der Waals surface area contributed by atoms with Gasteiger partial charge in [-0.1, -0.05) is 0 Å². The fourth-order valence-electron chi connectivity index (χ4n) is 1.55. The molecule has 0 radical (unpaired) electrons. The highest BCUT2D eigenvalue weighted by molar-refractivity contribution is 7.92. The number of hydrogen-bond acceptors (Lipinski definition) is 4. The van der Waals surface area contributed by atoms with Gasteiger partial charge in [0.15, 0.2) is 5.43 Å². The van der Waals surface area contributed by atoms with E-state index in [1.54, 1.807) is 19.1 Å². The zero-order valence-corrected chi connectivity index (χ0v) is 10.2. The molecular formula is C11H11NO4S. The van der Waals surface area contributed by atoms with E-state index in [4.69, 9.17) is 4.42 Å². The van der Waals surface area contributed by atoms with Crippen LogP contribution in [-0.2, 0) is 10.0 Å². The summed E-state index contributed by atoms with van der Waals surface area (Å²) in [5, 5.41) is 0.351. The van der Waals surface area contributed by atoms with Gasteiger partial charge in [0.05, 0.1) is 11.6 Å². The molecule has 1 aromatic carbocycles. The molecule has 0 spiro atoms. The summed E-state index contributed by atoms with van der Waals surface area (Å²) in [7, 11) is -3.35. The maximum absolute atomic E-state index is 11.7. The standard InChI is InChI=1S/C11H11NO4S/c1-7-5-10(13)9-6-8(12-17(2,14)15)3-4-11(9)16-7/h3-6,12H,1-2H3. The molecule has 1 aromatic heterocycles. The van der Waals surface area contributed by atoms with Gasteiger partial charge in [0, 0.05) is 11.8 Å². The van der Waals surface area contributed by atoms with E-state index in [2.05, 4.69) is 4.72 Å². The van der Waals surface area contributed by atoms with Gasteiger partial charge in [-0.25, -0.2) is 8.42 Å². The number of nitrogens with one attached hydrogen (secondary N) is 1. The van der Waals surface area contributed by atoms with Gasteiger partial charge in [-0.05, 0) is 25.1 Å². The van der Waals surface area contributed by atoms with Gasteiger partial charge in [0.25, 0.3) is 0 Å². The van der Waals surface area contributed by atoms with E-state index in [0.717, 1.165) is 6.26 Å². The van der Waals surface area contributed by atoms with Crippen LogP contribution >= 0.6 is 0 Å². The van der Waals surface area contributed by atoms with Crippen LogP contribution in [0.15, 0.2) is 33.5 Å². The summed E-state index contributed by atoms with van der Waals surface area (Å²) in [5.74, 6) is 0.520. The molecular weight excluding hydrogens is 242 g/mol. The third kappa shape index (κ3) is 2.65. The zero-order chi connectivity index (χ0) is 12.6. The Hall–Kier alpha value is -1.82. The lowest BCUT2D eigenvalue weighted by molar-refractivity contribution is 0.565. The summed E-state index contributed by atoms with van der Waals surface area (Å²) in [6.45, 7) is 1.68. The first-order chi connectivity index (χ1) is 7.85. The van der Waals surface area contributed by atoms with Crippen LogP contribution in [0, 0.1) is 6.92 Å². The Morgan fingerprint density at radius 1 is 1.24 bits per heavy atom. The average Bonchev–Trinajstić information content (AvgIpc) is 2.16. The van der Waals surface area contributed by atoms with Gasteiger partial charge in [-0.3, -0.25) is 9.52 Å². The van der Waals surface area contributed by atoms with Crippen molar-refractivity contribution in [3.8, 4) is 0 Å². The first-order valence-corrected chi connectivity index (χ1v) is 6.76. The number of aryl methyl sites for hydroxylation is 1. The number of fused-ring (bicyclic) bond motifs is 1. The van der Waals surface area contributed by atoms with Gasteiger partial charge in [0.2, 0.25) is 10.0 Å². The maximum Gasteiger partial charge on any atom is 0.229 e. The molecule has 2 rings (SSSR count). The molecule has 1 N–H and O–H groups in total. The van der Waals surface area contributed by atoms with Gasteiger partial charge < -0.3 is 4.42 Å². The van der Waals surface area contributed by atoms with E-state index in [1.807, 2.05) is 0 Å². The first-order valence-electron chi connectivity index (χ1n) is 4.87. The highest BCUT2D eigenvalue weighted by Gasteiger charge is 2.06. The molecule has 0 atom stereocenters. The van der Waals surface area contributed by atoms with Crippen LogP contribution in [0.3, 0.4) is 0 Å². The normalized spacial score (nSPS) is 11.6. The van der Waals surface area contributed by atoms with Crippen LogP contribution in [-0.4, -0.2) is 14.7 Å². The molecule has 0 aliphatic carbocycles. The van der Waals surface area contributed by atoms with E-state index in [-0.39, 0.29) is 5.43 Å². The van der Waals surface area contributed by atoms with E-state index in [1.165, 1.54) is 12.1 Å². The molecule has 0 aliphatic heterocycles. The summed E-state index contributed by atoms with van der Waals surface area (Å²) >= 11 is 0. The topological polar surface area (TPSA) is 76.4 Å². The summed E-state index contributed by atoms with van der Waals surface area (Å²) in [5.41, 5.74) is 0.589. The molecule has 0 saturated carbocycles. The van der Waals surface area contributed by atoms with Crippen LogP contribution in [0.5, 0.6) is 0 Å². The molecule has 0 amide bonds. The second kappa shape index (κ2) is 3.89. The highest BCUT2D eigenvalue weighted by atomic mass is 32.2. The minimum Gasteiger partial charge on any atom is -0.461 e. The van der Waals surface area contributed by atoms with Crippen molar-refractivity contribution in [1.29, 1.82) is 0 Å². The lowest BCUT2D eigenvalue weighted by Gasteiger charge is -2.04. The molecule has 17 heavy (non-hydrogen) atoms. The Morgan fingerprint density at radius 2 is 1.94 bits per heavy atom. The van der Waals surface area contributed by atoms with Crippen molar-refractivity contribution in [2.24, 2.45) is 0 Å². The second-order valence-corrected chi connectivity index (χ2v) is 5.55. The fraction of sp³-hybridized carbons (Fsp3) is 0.182. The van der Waals surface area contributed by atoms with Crippen LogP contribution < -0.4 is 10.2 Å². The highest BCUT2D eigenvalue weighted by Crippen LogP contribution is 2.18. The van der Waals surface area contributed by atoms with E-state index in [9.17, 15) is 13.2 Å². The van der Waals surface area contributed by atoms with Crippen LogP contribution in [0.4, 0.5) is 5.69 Å². The molecule has 0 fully saturated rings. The van der Waals surface area contributed by atoms with Gasteiger partial charge in [-0.2, -0.15) is 0 Å². The van der Waals surface area contributed by atoms with Crippen LogP contribution in [0.1, 0.15) is 5.76 Å². The molecule has 90 valence electrons. The lowest BCUT2D eigenvalue weighted by Crippen LogP contribution is -2.10.